The van der Waals surface area contributed by atoms with Crippen molar-refractivity contribution in [1.29, 1.82) is 5.26 Å². The molecule has 3 nitrogen and oxygen atoms in total. The van der Waals surface area contributed by atoms with Gasteiger partial charge in [0.15, 0.2) is 0 Å². The van der Waals surface area contributed by atoms with Gasteiger partial charge in [0.05, 0.1) is 18.4 Å². The molecule has 0 radical (unpaired) electrons. The number of benzene rings is 2. The molecule has 2 rings (SSSR count). The van der Waals surface area contributed by atoms with E-state index in [4.69, 9.17) is 4.74 Å². The Balaban J connectivity index is 2.16. The molecule has 0 unspecified atom stereocenters. The van der Waals surface area contributed by atoms with E-state index in [1.807, 2.05) is 18.2 Å². The zero-order valence-electron chi connectivity index (χ0n) is 12.5. The van der Waals surface area contributed by atoms with Crippen molar-refractivity contribution in [2.24, 2.45) is 0 Å². The highest BCUT2D eigenvalue weighted by atomic mass is 16.5. The lowest BCUT2D eigenvalue weighted by Crippen LogP contribution is -1.95. The van der Waals surface area contributed by atoms with Crippen molar-refractivity contribution in [1.82, 2.24) is 0 Å². The Hall–Kier alpha value is -2.47. The van der Waals surface area contributed by atoms with Crippen molar-refractivity contribution in [3.05, 3.63) is 53.6 Å². The first-order valence-corrected chi connectivity index (χ1v) is 7.21. The van der Waals surface area contributed by atoms with Crippen LogP contribution in [-0.4, -0.2) is 7.11 Å². The Labute approximate surface area is 126 Å². The summed E-state index contributed by atoms with van der Waals surface area (Å²) >= 11 is 0. The van der Waals surface area contributed by atoms with Gasteiger partial charge in [-0.05, 0) is 42.7 Å². The van der Waals surface area contributed by atoms with Gasteiger partial charge < -0.3 is 10.1 Å². The fourth-order valence-electron chi connectivity index (χ4n) is 2.14. The quantitative estimate of drug-likeness (QED) is 0.837. The number of hydrogen-bond acceptors (Lipinski definition) is 3. The van der Waals surface area contributed by atoms with Gasteiger partial charge in [0.2, 0.25) is 0 Å². The summed E-state index contributed by atoms with van der Waals surface area (Å²) in [6.07, 6.45) is 3.52. The van der Waals surface area contributed by atoms with Crippen molar-refractivity contribution in [3.8, 4) is 11.8 Å². The maximum Gasteiger partial charge on any atom is 0.121 e. The molecule has 1 N–H and O–H groups in total. The number of nitrogens with zero attached hydrogens (tertiary/aromatic N) is 1. The Kier molecular flexibility index (Phi) is 5.22. The van der Waals surface area contributed by atoms with Crippen LogP contribution in [0.1, 0.15) is 30.9 Å². The molecule has 0 aliphatic carbocycles. The molecule has 0 saturated heterocycles. The smallest absolute Gasteiger partial charge is 0.121 e. The molecule has 0 spiro atoms. The standard InChI is InChI=1S/C18H20N2O/c1-3-4-5-14-6-9-16(10-7-14)20-18-12-17(21-2)11-8-15(18)13-19/h6-12,20H,3-5H2,1-2H3. The number of rotatable bonds is 6. The fourth-order valence-corrected chi connectivity index (χ4v) is 2.14. The molecule has 0 amide bonds. The number of unbranched alkanes of at least 4 members (excludes halogenated alkanes) is 1. The fraction of sp³-hybridized carbons (Fsp3) is 0.278. The van der Waals surface area contributed by atoms with E-state index in [-0.39, 0.29) is 0 Å². The van der Waals surface area contributed by atoms with Crippen LogP contribution in [0, 0.1) is 11.3 Å². The van der Waals surface area contributed by atoms with Crippen LogP contribution >= 0.6 is 0 Å². The summed E-state index contributed by atoms with van der Waals surface area (Å²) in [5, 5.41) is 12.4. The van der Waals surface area contributed by atoms with Crippen molar-refractivity contribution < 1.29 is 4.74 Å². The van der Waals surface area contributed by atoms with Gasteiger partial charge in [0, 0.05) is 11.8 Å². The van der Waals surface area contributed by atoms with Gasteiger partial charge in [-0.1, -0.05) is 25.5 Å². The van der Waals surface area contributed by atoms with E-state index < -0.39 is 0 Å². The third-order valence-corrected chi connectivity index (χ3v) is 3.40. The third kappa shape index (κ3) is 4.00. The Morgan fingerprint density at radius 1 is 1.14 bits per heavy atom. The molecule has 21 heavy (non-hydrogen) atoms. The number of nitrogens with one attached hydrogen (secondary N) is 1. The summed E-state index contributed by atoms with van der Waals surface area (Å²) in [7, 11) is 1.62. The van der Waals surface area contributed by atoms with Crippen LogP contribution in [0.5, 0.6) is 5.75 Å². The molecule has 0 bridgehead atoms. The van der Waals surface area contributed by atoms with E-state index in [0.29, 0.717) is 5.56 Å². The molecule has 0 aromatic heterocycles. The Morgan fingerprint density at radius 3 is 2.52 bits per heavy atom. The molecule has 0 heterocycles. The van der Waals surface area contributed by atoms with Crippen LogP contribution in [0.15, 0.2) is 42.5 Å². The molecule has 2 aromatic carbocycles. The van der Waals surface area contributed by atoms with Crippen LogP contribution in [0.3, 0.4) is 0 Å². The Bertz CT molecular complexity index is 627. The minimum Gasteiger partial charge on any atom is -0.497 e. The minimum absolute atomic E-state index is 0.603. The van der Waals surface area contributed by atoms with Crippen LogP contribution in [-0.2, 0) is 6.42 Å². The van der Waals surface area contributed by atoms with E-state index in [1.54, 1.807) is 19.2 Å². The first kappa shape index (κ1) is 14.9. The van der Waals surface area contributed by atoms with E-state index in [0.717, 1.165) is 23.5 Å². The highest BCUT2D eigenvalue weighted by molar-refractivity contribution is 5.68. The predicted octanol–water partition coefficient (Wildman–Crippen LogP) is 4.65. The Morgan fingerprint density at radius 2 is 1.90 bits per heavy atom. The van der Waals surface area contributed by atoms with E-state index in [2.05, 4.69) is 30.4 Å². The van der Waals surface area contributed by atoms with Crippen molar-refractivity contribution in [3.63, 3.8) is 0 Å². The van der Waals surface area contributed by atoms with Crippen LogP contribution < -0.4 is 10.1 Å². The largest absolute Gasteiger partial charge is 0.497 e. The number of nitriles is 1. The second-order valence-corrected chi connectivity index (χ2v) is 4.95. The number of ether oxygens (including phenoxy) is 1. The monoisotopic (exact) mass is 280 g/mol. The minimum atomic E-state index is 0.603. The SMILES string of the molecule is CCCCc1ccc(Nc2cc(OC)ccc2C#N)cc1. The van der Waals surface area contributed by atoms with Crippen molar-refractivity contribution >= 4 is 11.4 Å². The van der Waals surface area contributed by atoms with Crippen molar-refractivity contribution in [2.45, 2.75) is 26.2 Å². The van der Waals surface area contributed by atoms with Gasteiger partial charge in [0.1, 0.15) is 11.8 Å². The lowest BCUT2D eigenvalue weighted by molar-refractivity contribution is 0.415. The van der Waals surface area contributed by atoms with Gasteiger partial charge in [0.25, 0.3) is 0 Å². The summed E-state index contributed by atoms with van der Waals surface area (Å²) in [5.41, 5.74) is 3.68. The van der Waals surface area contributed by atoms with Crippen LogP contribution in [0.2, 0.25) is 0 Å². The van der Waals surface area contributed by atoms with Gasteiger partial charge in [-0.25, -0.2) is 0 Å². The second-order valence-electron chi connectivity index (χ2n) is 4.95. The molecule has 0 aliphatic heterocycles. The normalized spacial score (nSPS) is 9.95. The van der Waals surface area contributed by atoms with Crippen LogP contribution in [0.4, 0.5) is 11.4 Å². The first-order valence-electron chi connectivity index (χ1n) is 7.21. The van der Waals surface area contributed by atoms with Gasteiger partial charge >= 0.3 is 0 Å². The number of hydrogen-bond donors (Lipinski definition) is 1. The summed E-state index contributed by atoms with van der Waals surface area (Å²) < 4.78 is 5.21. The average molecular weight is 280 g/mol. The van der Waals surface area contributed by atoms with E-state index in [9.17, 15) is 5.26 Å². The van der Waals surface area contributed by atoms with Crippen molar-refractivity contribution in [2.75, 3.05) is 12.4 Å². The molecular formula is C18H20N2O. The molecule has 0 aliphatic rings. The molecular weight excluding hydrogens is 260 g/mol. The topological polar surface area (TPSA) is 45.0 Å². The number of methoxy groups -OCH3 is 1. The molecule has 0 fully saturated rings. The highest BCUT2D eigenvalue weighted by Crippen LogP contribution is 2.25. The summed E-state index contributed by atoms with van der Waals surface area (Å²) in [5.74, 6) is 0.732. The number of aryl methyl sites for hydroxylation is 1. The predicted molar refractivity (Wildman–Crippen MR) is 86.0 cm³/mol. The van der Waals surface area contributed by atoms with E-state index in [1.165, 1.54) is 18.4 Å². The second kappa shape index (κ2) is 7.35. The maximum atomic E-state index is 9.17. The summed E-state index contributed by atoms with van der Waals surface area (Å²) in [6.45, 7) is 2.20. The molecule has 108 valence electrons. The highest BCUT2D eigenvalue weighted by Gasteiger charge is 2.04. The summed E-state index contributed by atoms with van der Waals surface area (Å²) in [6, 6.07) is 15.9. The lowest BCUT2D eigenvalue weighted by atomic mass is 10.1. The van der Waals surface area contributed by atoms with Gasteiger partial charge in [-0.2, -0.15) is 5.26 Å². The van der Waals surface area contributed by atoms with E-state index >= 15 is 0 Å². The van der Waals surface area contributed by atoms with Gasteiger partial charge in [-0.3, -0.25) is 0 Å². The zero-order chi connectivity index (χ0) is 15.1. The summed E-state index contributed by atoms with van der Waals surface area (Å²) in [4.78, 5) is 0. The maximum absolute atomic E-state index is 9.17. The average Bonchev–Trinajstić information content (AvgIpc) is 2.54. The molecule has 2 aromatic rings. The lowest BCUT2D eigenvalue weighted by Gasteiger charge is -2.10. The zero-order valence-corrected chi connectivity index (χ0v) is 12.5. The van der Waals surface area contributed by atoms with Crippen LogP contribution in [0.25, 0.3) is 0 Å². The molecule has 0 atom stereocenters. The number of anilines is 2. The van der Waals surface area contributed by atoms with Gasteiger partial charge in [-0.15, -0.1) is 0 Å². The first-order chi connectivity index (χ1) is 10.3. The molecule has 0 saturated carbocycles. The third-order valence-electron chi connectivity index (χ3n) is 3.40. The molecule has 3 heteroatoms.